The summed E-state index contributed by atoms with van der Waals surface area (Å²) in [5, 5.41) is 3.26. The topological polar surface area (TPSA) is 55.4 Å². The lowest BCUT2D eigenvalue weighted by atomic mass is 9.71. The molecule has 0 saturated heterocycles. The Kier molecular flexibility index (Phi) is 4.56. The van der Waals surface area contributed by atoms with Crippen LogP contribution in [0, 0.1) is 5.92 Å². The first-order valence-corrected chi connectivity index (χ1v) is 8.44. The first-order valence-electron chi connectivity index (χ1n) is 8.44. The van der Waals surface area contributed by atoms with E-state index in [0.29, 0.717) is 12.0 Å². The molecule has 0 radical (unpaired) electrons. The van der Waals surface area contributed by atoms with Crippen molar-refractivity contribution in [2.45, 2.75) is 39.0 Å². The third kappa shape index (κ3) is 2.77. The fourth-order valence-electron chi connectivity index (χ4n) is 3.71. The molecule has 4 heteroatoms. The largest absolute Gasteiger partial charge is 0.466 e. The maximum absolute atomic E-state index is 12.6. The van der Waals surface area contributed by atoms with Gasteiger partial charge >= 0.3 is 5.97 Å². The fraction of sp³-hybridized carbons (Fsp3) is 0.400. The van der Waals surface area contributed by atoms with E-state index in [1.165, 1.54) is 12.7 Å². The van der Waals surface area contributed by atoms with Gasteiger partial charge in [0.1, 0.15) is 5.78 Å². The number of allylic oxidation sites excluding steroid dienone is 3. The van der Waals surface area contributed by atoms with Crippen LogP contribution in [0.4, 0.5) is 0 Å². The molecule has 2 unspecified atom stereocenters. The van der Waals surface area contributed by atoms with Gasteiger partial charge in [-0.25, -0.2) is 4.79 Å². The second kappa shape index (κ2) is 6.63. The molecular weight excluding hydrogens is 302 g/mol. The summed E-state index contributed by atoms with van der Waals surface area (Å²) in [6, 6.07) is 8.20. The Bertz CT molecular complexity index is 728. The molecule has 1 aromatic rings. The highest BCUT2D eigenvalue weighted by Gasteiger charge is 2.43. The molecule has 3 rings (SSSR count). The normalized spacial score (nSPS) is 23.3. The summed E-state index contributed by atoms with van der Waals surface area (Å²) < 4.78 is 5.00. The lowest BCUT2D eigenvalue weighted by molar-refractivity contribution is -0.136. The van der Waals surface area contributed by atoms with Crippen molar-refractivity contribution in [2.75, 3.05) is 7.11 Å². The van der Waals surface area contributed by atoms with Gasteiger partial charge in [-0.3, -0.25) is 4.79 Å². The lowest BCUT2D eigenvalue weighted by Crippen LogP contribution is -2.40. The number of aryl methyl sites for hydroxylation is 1. The maximum Gasteiger partial charge on any atom is 0.336 e. The highest BCUT2D eigenvalue weighted by atomic mass is 16.5. The van der Waals surface area contributed by atoms with Crippen LogP contribution in [0.1, 0.15) is 43.7 Å². The predicted octanol–water partition coefficient (Wildman–Crippen LogP) is 3.25. The number of methoxy groups -OCH3 is 1. The van der Waals surface area contributed by atoms with Crippen molar-refractivity contribution in [3.63, 3.8) is 0 Å². The van der Waals surface area contributed by atoms with Gasteiger partial charge in [0.2, 0.25) is 0 Å². The molecule has 0 fully saturated rings. The van der Waals surface area contributed by atoms with Crippen LogP contribution in [0.3, 0.4) is 0 Å². The number of Topliss-reactive ketones (excluding diaryl/α,β-unsaturated/α-hetero) is 1. The van der Waals surface area contributed by atoms with Crippen LogP contribution >= 0.6 is 0 Å². The summed E-state index contributed by atoms with van der Waals surface area (Å²) in [6.45, 7) is 3.98. The van der Waals surface area contributed by atoms with Crippen molar-refractivity contribution < 1.29 is 14.3 Å². The first-order chi connectivity index (χ1) is 11.6. The van der Waals surface area contributed by atoms with Gasteiger partial charge in [-0.15, -0.1) is 0 Å². The molecular formula is C20H23NO3. The van der Waals surface area contributed by atoms with E-state index < -0.39 is 0 Å². The summed E-state index contributed by atoms with van der Waals surface area (Å²) in [4.78, 5) is 25.1. The second-order valence-electron chi connectivity index (χ2n) is 6.37. The maximum atomic E-state index is 12.6. The number of benzene rings is 1. The first kappa shape index (κ1) is 16.5. The van der Waals surface area contributed by atoms with Gasteiger partial charge < -0.3 is 10.1 Å². The summed E-state index contributed by atoms with van der Waals surface area (Å²) in [6.07, 6.45) is 4.31. The van der Waals surface area contributed by atoms with E-state index in [1.54, 1.807) is 0 Å². The van der Waals surface area contributed by atoms with Crippen molar-refractivity contribution in [3.05, 3.63) is 58.4 Å². The van der Waals surface area contributed by atoms with Crippen molar-refractivity contribution in [1.29, 1.82) is 0 Å². The molecule has 2 atom stereocenters. The van der Waals surface area contributed by atoms with Gasteiger partial charge in [0, 0.05) is 23.7 Å². The second-order valence-corrected chi connectivity index (χ2v) is 6.37. The Morgan fingerprint density at radius 3 is 2.58 bits per heavy atom. The van der Waals surface area contributed by atoms with E-state index in [2.05, 4.69) is 30.4 Å². The van der Waals surface area contributed by atoms with Crippen LogP contribution in [0.25, 0.3) is 0 Å². The quantitative estimate of drug-likeness (QED) is 0.867. The average Bonchev–Trinajstić information content (AvgIpc) is 2.60. The number of rotatable bonds is 3. The molecule has 0 aromatic heterocycles. The van der Waals surface area contributed by atoms with Crippen LogP contribution in [0.15, 0.2) is 47.3 Å². The zero-order valence-corrected chi connectivity index (χ0v) is 14.4. The number of fused-ring (bicyclic) bond motifs is 1. The summed E-state index contributed by atoms with van der Waals surface area (Å²) in [7, 11) is 1.38. The van der Waals surface area contributed by atoms with Crippen LogP contribution in [-0.2, 0) is 20.7 Å². The molecule has 126 valence electrons. The molecule has 1 aromatic carbocycles. The Morgan fingerprint density at radius 1 is 1.25 bits per heavy atom. The zero-order valence-electron chi connectivity index (χ0n) is 14.4. The Labute approximate surface area is 142 Å². The van der Waals surface area contributed by atoms with E-state index in [9.17, 15) is 9.59 Å². The van der Waals surface area contributed by atoms with Crippen LogP contribution in [-0.4, -0.2) is 18.9 Å². The molecule has 0 amide bonds. The fourth-order valence-corrected chi connectivity index (χ4v) is 3.71. The molecule has 1 N–H and O–H groups in total. The molecule has 24 heavy (non-hydrogen) atoms. The number of esters is 1. The highest BCUT2D eigenvalue weighted by Crippen LogP contribution is 2.43. The molecule has 1 aliphatic carbocycles. The number of hydrogen-bond donors (Lipinski definition) is 1. The molecule has 4 nitrogen and oxygen atoms in total. The number of ketones is 1. The van der Waals surface area contributed by atoms with Gasteiger partial charge in [-0.2, -0.15) is 0 Å². The Balaban J connectivity index is 2.15. The van der Waals surface area contributed by atoms with Crippen LogP contribution in [0.5, 0.6) is 0 Å². The van der Waals surface area contributed by atoms with Gasteiger partial charge in [-0.05, 0) is 30.9 Å². The molecule has 2 aliphatic rings. The molecule has 0 saturated carbocycles. The van der Waals surface area contributed by atoms with E-state index >= 15 is 0 Å². The third-order valence-electron chi connectivity index (χ3n) is 4.97. The monoisotopic (exact) mass is 325 g/mol. The minimum Gasteiger partial charge on any atom is -0.466 e. The number of carbonyl (C=O) groups excluding carboxylic acids is 2. The number of carbonyl (C=O) groups is 2. The Morgan fingerprint density at radius 2 is 1.96 bits per heavy atom. The van der Waals surface area contributed by atoms with Crippen molar-refractivity contribution in [1.82, 2.24) is 5.32 Å². The van der Waals surface area contributed by atoms with Crippen LogP contribution < -0.4 is 5.32 Å². The molecule has 1 aliphatic heterocycles. The number of ether oxygens (including phenoxy) is 1. The van der Waals surface area contributed by atoms with Crippen molar-refractivity contribution in [2.24, 2.45) is 5.92 Å². The highest BCUT2D eigenvalue weighted by molar-refractivity contribution is 5.96. The van der Waals surface area contributed by atoms with Gasteiger partial charge in [0.25, 0.3) is 0 Å². The smallest absolute Gasteiger partial charge is 0.336 e. The lowest BCUT2D eigenvalue weighted by Gasteiger charge is -2.37. The summed E-state index contributed by atoms with van der Waals surface area (Å²) >= 11 is 0. The number of hydrogen-bond acceptors (Lipinski definition) is 4. The van der Waals surface area contributed by atoms with Crippen LogP contribution in [0.2, 0.25) is 0 Å². The standard InChI is InChI=1S/C20H23NO3/c1-4-13-8-10-14(11-9-13)18-17(20(23)24-3)12(2)21-15-6-5-7-16(22)19(15)18/h6,8-11,18-19,21H,4-5,7H2,1-3H3. The van der Waals surface area contributed by atoms with E-state index in [-0.39, 0.29) is 23.6 Å². The van der Waals surface area contributed by atoms with Gasteiger partial charge in [0.05, 0.1) is 18.6 Å². The third-order valence-corrected chi connectivity index (χ3v) is 4.97. The average molecular weight is 325 g/mol. The number of nitrogens with one attached hydrogen (secondary N) is 1. The van der Waals surface area contributed by atoms with E-state index in [0.717, 1.165) is 29.8 Å². The molecule has 1 heterocycles. The minimum absolute atomic E-state index is 0.179. The van der Waals surface area contributed by atoms with E-state index in [4.69, 9.17) is 4.74 Å². The Hall–Kier alpha value is -2.36. The predicted molar refractivity (Wildman–Crippen MR) is 92.2 cm³/mol. The van der Waals surface area contributed by atoms with E-state index in [1.807, 2.05) is 19.1 Å². The zero-order chi connectivity index (χ0) is 17.3. The SMILES string of the molecule is CCc1ccc(C2C(C(=O)OC)=C(C)NC3=CCCC(=O)C32)cc1. The summed E-state index contributed by atoms with van der Waals surface area (Å²) in [5.74, 6) is -0.812. The van der Waals surface area contributed by atoms with Gasteiger partial charge in [-0.1, -0.05) is 37.3 Å². The summed E-state index contributed by atoms with van der Waals surface area (Å²) in [5.41, 5.74) is 4.46. The minimum atomic E-state index is -0.373. The van der Waals surface area contributed by atoms with Crippen molar-refractivity contribution >= 4 is 11.8 Å². The van der Waals surface area contributed by atoms with Crippen molar-refractivity contribution in [3.8, 4) is 0 Å². The molecule has 0 bridgehead atoms. The van der Waals surface area contributed by atoms with Gasteiger partial charge in [0.15, 0.2) is 0 Å². The molecule has 0 spiro atoms.